The van der Waals surface area contributed by atoms with Crippen LogP contribution in [0.1, 0.15) is 30.7 Å². The first-order valence-electron chi connectivity index (χ1n) is 6.48. The van der Waals surface area contributed by atoms with Gasteiger partial charge in [-0.25, -0.2) is 0 Å². The number of hydrogen-bond donors (Lipinski definition) is 3. The molecule has 5 N–H and O–H groups in total. The first-order chi connectivity index (χ1) is 8.72. The van der Waals surface area contributed by atoms with Gasteiger partial charge in [-0.3, -0.25) is 4.99 Å². The second-order valence-electron chi connectivity index (χ2n) is 4.82. The van der Waals surface area contributed by atoms with E-state index in [1.807, 2.05) is 18.2 Å². The van der Waals surface area contributed by atoms with Gasteiger partial charge in [0.1, 0.15) is 11.9 Å². The van der Waals surface area contributed by atoms with Gasteiger partial charge < -0.3 is 16.6 Å². The number of benzene rings is 1. The third-order valence-corrected chi connectivity index (χ3v) is 3.58. The van der Waals surface area contributed by atoms with Gasteiger partial charge in [0.05, 0.1) is 6.04 Å². The molecule has 0 saturated carbocycles. The lowest BCUT2D eigenvalue weighted by Crippen LogP contribution is -2.30. The summed E-state index contributed by atoms with van der Waals surface area (Å²) < 4.78 is 0. The highest BCUT2D eigenvalue weighted by Crippen LogP contribution is 2.27. The number of nitrogens with two attached hydrogens (primary N) is 2. The molecule has 2 rings (SSSR count). The molecule has 1 heterocycles. The molecule has 0 radical (unpaired) electrons. The molecular formula is C14H21N3O. The van der Waals surface area contributed by atoms with Crippen LogP contribution in [0.3, 0.4) is 0 Å². The van der Waals surface area contributed by atoms with Gasteiger partial charge in [0.2, 0.25) is 0 Å². The summed E-state index contributed by atoms with van der Waals surface area (Å²) in [5, 5.41) is 9.71. The van der Waals surface area contributed by atoms with Crippen molar-refractivity contribution in [2.75, 3.05) is 6.54 Å². The quantitative estimate of drug-likeness (QED) is 0.745. The molecule has 0 amide bonds. The minimum absolute atomic E-state index is 0.0783. The first-order valence-corrected chi connectivity index (χ1v) is 6.48. The van der Waals surface area contributed by atoms with Crippen LogP contribution in [0.2, 0.25) is 0 Å². The molecule has 1 aliphatic rings. The van der Waals surface area contributed by atoms with Crippen LogP contribution in [0, 0.1) is 0 Å². The molecule has 98 valence electrons. The Morgan fingerprint density at radius 2 is 2.00 bits per heavy atom. The van der Waals surface area contributed by atoms with Crippen molar-refractivity contribution in [3.05, 3.63) is 35.9 Å². The Morgan fingerprint density at radius 3 is 2.67 bits per heavy atom. The molecule has 1 aromatic carbocycles. The van der Waals surface area contributed by atoms with E-state index in [1.165, 1.54) is 5.56 Å². The number of hydrogen-bond acceptors (Lipinski definition) is 4. The lowest BCUT2D eigenvalue weighted by molar-refractivity contribution is 0.228. The molecule has 0 saturated heterocycles. The van der Waals surface area contributed by atoms with Crippen LogP contribution in [0.4, 0.5) is 0 Å². The van der Waals surface area contributed by atoms with Crippen LogP contribution < -0.4 is 11.5 Å². The standard InChI is InChI=1S/C14H21N3O/c15-9-11(10-5-2-1-3-6-10)12-7-4-8-13(18)14(16)17-12/h1-3,5-6,11-13,18H,4,7-9,15H2,(H2,16,17). The summed E-state index contributed by atoms with van der Waals surface area (Å²) in [7, 11) is 0. The number of aliphatic imine (C=N–C) groups is 1. The average molecular weight is 247 g/mol. The van der Waals surface area contributed by atoms with Gasteiger partial charge in [0, 0.05) is 12.5 Å². The molecule has 4 heteroatoms. The van der Waals surface area contributed by atoms with Gasteiger partial charge in [-0.05, 0) is 24.8 Å². The third-order valence-electron chi connectivity index (χ3n) is 3.58. The number of nitrogens with zero attached hydrogens (tertiary/aromatic N) is 1. The maximum absolute atomic E-state index is 9.71. The third kappa shape index (κ3) is 2.89. The van der Waals surface area contributed by atoms with Crippen molar-refractivity contribution in [3.63, 3.8) is 0 Å². The average Bonchev–Trinajstić information content (AvgIpc) is 2.55. The van der Waals surface area contributed by atoms with Gasteiger partial charge >= 0.3 is 0 Å². The summed E-state index contributed by atoms with van der Waals surface area (Å²) in [5.74, 6) is 0.530. The van der Waals surface area contributed by atoms with Gasteiger partial charge in [0.25, 0.3) is 0 Å². The molecule has 1 aromatic rings. The van der Waals surface area contributed by atoms with Gasteiger partial charge in [-0.15, -0.1) is 0 Å². The molecule has 3 atom stereocenters. The van der Waals surface area contributed by atoms with Gasteiger partial charge in [-0.2, -0.15) is 0 Å². The Morgan fingerprint density at radius 1 is 1.28 bits per heavy atom. The van der Waals surface area contributed by atoms with Crippen LogP contribution in [0.25, 0.3) is 0 Å². The molecule has 0 bridgehead atoms. The SMILES string of the molecule is NCC(c1ccccc1)C1CCCC(O)C(N)=N1. The van der Waals surface area contributed by atoms with E-state index in [1.54, 1.807) is 0 Å². The van der Waals surface area contributed by atoms with E-state index in [2.05, 4.69) is 17.1 Å². The number of amidine groups is 1. The normalized spacial score (nSPS) is 26.2. The van der Waals surface area contributed by atoms with Crippen LogP contribution in [-0.4, -0.2) is 29.6 Å². The van der Waals surface area contributed by atoms with Crippen molar-refractivity contribution in [2.45, 2.75) is 37.3 Å². The van der Waals surface area contributed by atoms with Crippen LogP contribution in [0.15, 0.2) is 35.3 Å². The summed E-state index contributed by atoms with van der Waals surface area (Å²) in [6.45, 7) is 0.543. The molecule has 0 aliphatic carbocycles. The Labute approximate surface area is 108 Å². The molecule has 0 aromatic heterocycles. The topological polar surface area (TPSA) is 84.6 Å². The van der Waals surface area contributed by atoms with Crippen LogP contribution in [-0.2, 0) is 0 Å². The van der Waals surface area contributed by atoms with E-state index >= 15 is 0 Å². The maximum atomic E-state index is 9.71. The minimum atomic E-state index is -0.593. The Balaban J connectivity index is 2.22. The zero-order chi connectivity index (χ0) is 13.0. The zero-order valence-electron chi connectivity index (χ0n) is 10.5. The largest absolute Gasteiger partial charge is 0.385 e. The number of rotatable bonds is 3. The summed E-state index contributed by atoms with van der Waals surface area (Å²) in [5.41, 5.74) is 12.9. The summed E-state index contributed by atoms with van der Waals surface area (Å²) >= 11 is 0. The number of aliphatic hydroxyl groups excluding tert-OH is 1. The van der Waals surface area contributed by atoms with E-state index in [9.17, 15) is 5.11 Å². The van der Waals surface area contributed by atoms with Crippen LogP contribution >= 0.6 is 0 Å². The van der Waals surface area contributed by atoms with Crippen molar-refractivity contribution in [2.24, 2.45) is 16.5 Å². The monoisotopic (exact) mass is 247 g/mol. The highest BCUT2D eigenvalue weighted by Gasteiger charge is 2.25. The lowest BCUT2D eigenvalue weighted by Gasteiger charge is -2.22. The molecule has 1 aliphatic heterocycles. The zero-order valence-corrected chi connectivity index (χ0v) is 10.5. The summed E-state index contributed by atoms with van der Waals surface area (Å²) in [6, 6.07) is 10.2. The van der Waals surface area contributed by atoms with Crippen molar-refractivity contribution >= 4 is 5.84 Å². The fourth-order valence-corrected chi connectivity index (χ4v) is 2.52. The minimum Gasteiger partial charge on any atom is -0.385 e. The molecule has 0 spiro atoms. The Hall–Kier alpha value is -1.39. The maximum Gasteiger partial charge on any atom is 0.123 e. The Bertz CT molecular complexity index is 405. The molecular weight excluding hydrogens is 226 g/mol. The Kier molecular flexibility index (Phi) is 4.33. The predicted molar refractivity (Wildman–Crippen MR) is 73.5 cm³/mol. The lowest BCUT2D eigenvalue weighted by atomic mass is 9.89. The van der Waals surface area contributed by atoms with E-state index in [-0.39, 0.29) is 12.0 Å². The van der Waals surface area contributed by atoms with E-state index in [4.69, 9.17) is 11.5 Å². The van der Waals surface area contributed by atoms with Crippen LogP contribution in [0.5, 0.6) is 0 Å². The molecule has 3 unspecified atom stereocenters. The molecule has 18 heavy (non-hydrogen) atoms. The van der Waals surface area contributed by atoms with Crippen molar-refractivity contribution in [1.29, 1.82) is 0 Å². The van der Waals surface area contributed by atoms with E-state index < -0.39 is 6.10 Å². The van der Waals surface area contributed by atoms with Crippen molar-refractivity contribution < 1.29 is 5.11 Å². The second-order valence-corrected chi connectivity index (χ2v) is 4.82. The molecule has 0 fully saturated rings. The summed E-state index contributed by atoms with van der Waals surface area (Å²) in [6.07, 6.45) is 1.95. The van der Waals surface area contributed by atoms with Crippen molar-refractivity contribution in [3.8, 4) is 0 Å². The first kappa shape index (κ1) is 13.1. The number of aliphatic hydroxyl groups is 1. The van der Waals surface area contributed by atoms with E-state index in [0.29, 0.717) is 18.8 Å². The smallest absolute Gasteiger partial charge is 0.123 e. The predicted octanol–water partition coefficient (Wildman–Crippen LogP) is 0.999. The van der Waals surface area contributed by atoms with E-state index in [0.717, 1.165) is 12.8 Å². The van der Waals surface area contributed by atoms with Gasteiger partial charge in [0.15, 0.2) is 0 Å². The van der Waals surface area contributed by atoms with Gasteiger partial charge in [-0.1, -0.05) is 30.3 Å². The second kappa shape index (κ2) is 5.98. The highest BCUT2D eigenvalue weighted by atomic mass is 16.3. The fraction of sp³-hybridized carbons (Fsp3) is 0.500. The fourth-order valence-electron chi connectivity index (χ4n) is 2.52. The highest BCUT2D eigenvalue weighted by molar-refractivity contribution is 5.85. The summed E-state index contributed by atoms with van der Waals surface area (Å²) in [4.78, 5) is 4.47. The molecule has 4 nitrogen and oxygen atoms in total. The van der Waals surface area contributed by atoms with Crippen molar-refractivity contribution in [1.82, 2.24) is 0 Å².